The predicted molar refractivity (Wildman–Crippen MR) is 122 cm³/mol. The maximum Gasteiger partial charge on any atom is 0.191 e. The van der Waals surface area contributed by atoms with Crippen molar-refractivity contribution in [2.24, 2.45) is 4.99 Å². The zero-order valence-electron chi connectivity index (χ0n) is 16.2. The maximum absolute atomic E-state index is 12.2. The number of benzene rings is 1. The standard InChI is InChI=1S/C19H32N4OS.HI/c1-19(2,23-13-8-5-9-14-23)16-22-18(20-3)21-12-15-25(24)17-10-6-4-7-11-17;/h4,6-7,10-11H,5,8-9,12-16H2,1-3H3,(H2,20,21,22);1H. The zero-order valence-corrected chi connectivity index (χ0v) is 19.3. The Labute approximate surface area is 177 Å². The van der Waals surface area contributed by atoms with E-state index >= 15 is 0 Å². The fourth-order valence-corrected chi connectivity index (χ4v) is 4.07. The largest absolute Gasteiger partial charge is 0.355 e. The van der Waals surface area contributed by atoms with E-state index in [9.17, 15) is 4.21 Å². The molecule has 1 fully saturated rings. The Morgan fingerprint density at radius 3 is 2.42 bits per heavy atom. The third-order valence-electron chi connectivity index (χ3n) is 4.71. The van der Waals surface area contributed by atoms with Crippen molar-refractivity contribution >= 4 is 40.7 Å². The van der Waals surface area contributed by atoms with Gasteiger partial charge < -0.3 is 10.6 Å². The van der Waals surface area contributed by atoms with Crippen LogP contribution in [0.4, 0.5) is 0 Å². The fraction of sp³-hybridized carbons (Fsp3) is 0.632. The number of rotatable bonds is 7. The average molecular weight is 492 g/mol. The summed E-state index contributed by atoms with van der Waals surface area (Å²) in [5.74, 6) is 1.34. The van der Waals surface area contributed by atoms with Gasteiger partial charge in [0.15, 0.2) is 5.96 Å². The van der Waals surface area contributed by atoms with Crippen LogP contribution in [0.1, 0.15) is 33.1 Å². The molecular formula is C19H33IN4OS. The van der Waals surface area contributed by atoms with Gasteiger partial charge in [-0.2, -0.15) is 0 Å². The summed E-state index contributed by atoms with van der Waals surface area (Å²) in [4.78, 5) is 7.71. The first-order valence-corrected chi connectivity index (χ1v) is 10.5. The molecule has 26 heavy (non-hydrogen) atoms. The highest BCUT2D eigenvalue weighted by atomic mass is 127. The SMILES string of the molecule is CN=C(NCCS(=O)c1ccccc1)NCC(C)(C)N1CCCCC1.I. The summed E-state index contributed by atoms with van der Waals surface area (Å²) in [6.45, 7) is 8.39. The number of likely N-dealkylation sites (tertiary alicyclic amines) is 1. The van der Waals surface area contributed by atoms with Gasteiger partial charge in [-0.25, -0.2) is 0 Å². The molecule has 1 aliphatic rings. The molecule has 2 rings (SSSR count). The first-order valence-electron chi connectivity index (χ1n) is 9.16. The third kappa shape index (κ3) is 7.52. The van der Waals surface area contributed by atoms with E-state index in [0.29, 0.717) is 12.3 Å². The second kappa shape index (κ2) is 11.9. The Morgan fingerprint density at radius 1 is 1.15 bits per heavy atom. The zero-order chi connectivity index (χ0) is 18.1. The van der Waals surface area contributed by atoms with Crippen molar-refractivity contribution in [3.63, 3.8) is 0 Å². The van der Waals surface area contributed by atoms with Crippen LogP contribution in [-0.2, 0) is 10.8 Å². The quantitative estimate of drug-likeness (QED) is 0.349. The Kier molecular flexibility index (Phi) is 10.7. The number of guanidine groups is 1. The lowest BCUT2D eigenvalue weighted by atomic mass is 9.98. The van der Waals surface area contributed by atoms with Gasteiger partial charge in [0.2, 0.25) is 0 Å². The summed E-state index contributed by atoms with van der Waals surface area (Å²) in [6.07, 6.45) is 3.94. The van der Waals surface area contributed by atoms with Crippen LogP contribution in [0.15, 0.2) is 40.2 Å². The Bertz CT molecular complexity index is 574. The van der Waals surface area contributed by atoms with Gasteiger partial charge in [-0.3, -0.25) is 14.1 Å². The number of hydrogen-bond donors (Lipinski definition) is 2. The van der Waals surface area contributed by atoms with E-state index in [0.717, 1.165) is 17.4 Å². The van der Waals surface area contributed by atoms with Crippen molar-refractivity contribution in [1.82, 2.24) is 15.5 Å². The highest BCUT2D eigenvalue weighted by Gasteiger charge is 2.27. The lowest BCUT2D eigenvalue weighted by Crippen LogP contribution is -2.55. The van der Waals surface area contributed by atoms with E-state index in [1.165, 1.54) is 32.4 Å². The first-order chi connectivity index (χ1) is 12.0. The molecule has 1 heterocycles. The van der Waals surface area contributed by atoms with Gasteiger partial charge in [-0.05, 0) is 51.9 Å². The van der Waals surface area contributed by atoms with Gasteiger partial charge in [-0.15, -0.1) is 24.0 Å². The predicted octanol–water partition coefficient (Wildman–Crippen LogP) is 2.84. The third-order valence-corrected chi connectivity index (χ3v) is 6.08. The second-order valence-corrected chi connectivity index (χ2v) is 8.65. The van der Waals surface area contributed by atoms with Gasteiger partial charge in [0, 0.05) is 36.3 Å². The van der Waals surface area contributed by atoms with Crippen molar-refractivity contribution in [3.05, 3.63) is 30.3 Å². The molecule has 1 aromatic carbocycles. The fourth-order valence-electron chi connectivity index (χ4n) is 3.08. The summed E-state index contributed by atoms with van der Waals surface area (Å²) in [5, 5.41) is 6.69. The van der Waals surface area contributed by atoms with Crippen LogP contribution in [0, 0.1) is 0 Å². The lowest BCUT2D eigenvalue weighted by Gasteiger charge is -2.41. The molecule has 0 aliphatic carbocycles. The van der Waals surface area contributed by atoms with Crippen LogP contribution in [0.3, 0.4) is 0 Å². The van der Waals surface area contributed by atoms with Crippen LogP contribution in [-0.4, -0.2) is 59.6 Å². The summed E-state index contributed by atoms with van der Waals surface area (Å²) in [5.41, 5.74) is 0.102. The molecule has 0 spiro atoms. The number of aliphatic imine (C=N–C) groups is 1. The molecule has 1 aromatic rings. The van der Waals surface area contributed by atoms with E-state index in [1.807, 2.05) is 30.3 Å². The first kappa shape index (κ1) is 23.4. The summed E-state index contributed by atoms with van der Waals surface area (Å²) >= 11 is 0. The normalized spacial score (nSPS) is 17.3. The molecule has 0 bridgehead atoms. The summed E-state index contributed by atoms with van der Waals surface area (Å²) in [6, 6.07) is 9.59. The number of halogens is 1. The molecule has 0 radical (unpaired) electrons. The molecule has 7 heteroatoms. The minimum Gasteiger partial charge on any atom is -0.355 e. The van der Waals surface area contributed by atoms with Gasteiger partial charge in [0.1, 0.15) is 0 Å². The molecule has 1 unspecified atom stereocenters. The smallest absolute Gasteiger partial charge is 0.191 e. The van der Waals surface area contributed by atoms with Crippen molar-refractivity contribution < 1.29 is 4.21 Å². The topological polar surface area (TPSA) is 56.7 Å². The molecule has 0 amide bonds. The Morgan fingerprint density at radius 2 is 1.81 bits per heavy atom. The minimum atomic E-state index is -0.980. The van der Waals surface area contributed by atoms with Crippen molar-refractivity contribution in [2.75, 3.05) is 39.0 Å². The second-order valence-electron chi connectivity index (χ2n) is 7.08. The van der Waals surface area contributed by atoms with Crippen LogP contribution in [0.5, 0.6) is 0 Å². The molecule has 1 saturated heterocycles. The van der Waals surface area contributed by atoms with E-state index in [1.54, 1.807) is 7.05 Å². The van der Waals surface area contributed by atoms with Crippen LogP contribution in [0.2, 0.25) is 0 Å². The highest BCUT2D eigenvalue weighted by molar-refractivity contribution is 14.0. The number of hydrogen-bond acceptors (Lipinski definition) is 3. The molecular weight excluding hydrogens is 459 g/mol. The Balaban J connectivity index is 0.00000338. The molecule has 0 aromatic heterocycles. The van der Waals surface area contributed by atoms with E-state index < -0.39 is 10.8 Å². The van der Waals surface area contributed by atoms with Gasteiger partial charge in [0.05, 0.1) is 10.8 Å². The summed E-state index contributed by atoms with van der Waals surface area (Å²) < 4.78 is 12.2. The van der Waals surface area contributed by atoms with Crippen molar-refractivity contribution in [1.29, 1.82) is 0 Å². The molecule has 1 atom stereocenters. The number of nitrogens with zero attached hydrogens (tertiary/aromatic N) is 2. The Hall–Kier alpha value is -0.670. The average Bonchev–Trinajstić information content (AvgIpc) is 2.65. The van der Waals surface area contributed by atoms with Crippen molar-refractivity contribution in [3.8, 4) is 0 Å². The van der Waals surface area contributed by atoms with E-state index in [4.69, 9.17) is 0 Å². The molecule has 2 N–H and O–H groups in total. The number of nitrogens with one attached hydrogen (secondary N) is 2. The van der Waals surface area contributed by atoms with Crippen LogP contribution < -0.4 is 10.6 Å². The molecule has 0 saturated carbocycles. The van der Waals surface area contributed by atoms with E-state index in [-0.39, 0.29) is 29.5 Å². The molecule has 5 nitrogen and oxygen atoms in total. The lowest BCUT2D eigenvalue weighted by molar-refractivity contribution is 0.0982. The monoisotopic (exact) mass is 492 g/mol. The van der Waals surface area contributed by atoms with Crippen molar-refractivity contribution in [2.45, 2.75) is 43.5 Å². The van der Waals surface area contributed by atoms with Gasteiger partial charge >= 0.3 is 0 Å². The maximum atomic E-state index is 12.2. The molecule has 148 valence electrons. The van der Waals surface area contributed by atoms with Gasteiger partial charge in [-0.1, -0.05) is 24.6 Å². The van der Waals surface area contributed by atoms with Gasteiger partial charge in [0.25, 0.3) is 0 Å². The summed E-state index contributed by atoms with van der Waals surface area (Å²) in [7, 11) is 0.795. The van der Waals surface area contributed by atoms with Crippen LogP contribution in [0.25, 0.3) is 0 Å². The molecule has 1 aliphatic heterocycles. The number of piperidine rings is 1. The van der Waals surface area contributed by atoms with Crippen LogP contribution >= 0.6 is 24.0 Å². The highest BCUT2D eigenvalue weighted by Crippen LogP contribution is 2.19. The minimum absolute atomic E-state index is 0. The van der Waals surface area contributed by atoms with E-state index in [2.05, 4.69) is 34.4 Å².